The van der Waals surface area contributed by atoms with Crippen molar-refractivity contribution in [3.63, 3.8) is 0 Å². The second-order valence-electron chi connectivity index (χ2n) is 19.2. The first-order chi connectivity index (χ1) is 34.1. The molecule has 2 aliphatic carbocycles. The highest BCUT2D eigenvalue weighted by atomic mass is 19.1. The Morgan fingerprint density at radius 3 is 2.00 bits per heavy atom. The fraction of sp³-hybridized carbons (Fsp3) is 0.156. The van der Waals surface area contributed by atoms with Crippen molar-refractivity contribution >= 4 is 50.2 Å². The van der Waals surface area contributed by atoms with E-state index in [9.17, 15) is 8.78 Å². The molecular weight excluding hydrogens is 863 g/mol. The minimum Gasteiger partial charge on any atom is -0.358 e. The first-order valence-electron chi connectivity index (χ1n) is 24.4. The van der Waals surface area contributed by atoms with Gasteiger partial charge in [-0.15, -0.1) is 0 Å². The van der Waals surface area contributed by atoms with Crippen LogP contribution in [0.2, 0.25) is 0 Å². The quantitative estimate of drug-likeness (QED) is 0.120. The van der Waals surface area contributed by atoms with Gasteiger partial charge < -0.3 is 19.3 Å². The smallest absolute Gasteiger partial charge is 0.123 e. The Bertz CT molecular complexity index is 3410. The third-order valence-electron chi connectivity index (χ3n) is 15.1. The predicted octanol–water partition coefficient (Wildman–Crippen LogP) is 17.2. The molecule has 0 amide bonds. The van der Waals surface area contributed by atoms with Crippen LogP contribution in [0.15, 0.2) is 242 Å². The number of halogens is 2. The lowest BCUT2D eigenvalue weighted by Gasteiger charge is -2.52. The molecule has 346 valence electrons. The van der Waals surface area contributed by atoms with Crippen LogP contribution < -0.4 is 14.7 Å². The Balaban J connectivity index is 0.942. The van der Waals surface area contributed by atoms with Gasteiger partial charge in [0.15, 0.2) is 0 Å². The number of para-hydroxylation sites is 3. The van der Waals surface area contributed by atoms with Crippen molar-refractivity contribution in [2.45, 2.75) is 51.6 Å². The second kappa shape index (κ2) is 18.2. The van der Waals surface area contributed by atoms with Gasteiger partial charge in [0.05, 0.1) is 22.6 Å². The molecule has 0 saturated heterocycles. The third kappa shape index (κ3) is 7.68. The first kappa shape index (κ1) is 44.5. The van der Waals surface area contributed by atoms with Gasteiger partial charge in [-0.05, 0) is 158 Å². The minimum atomic E-state index is -0.402. The van der Waals surface area contributed by atoms with Gasteiger partial charge in [-0.3, -0.25) is 0 Å². The van der Waals surface area contributed by atoms with E-state index in [0.29, 0.717) is 11.8 Å². The summed E-state index contributed by atoms with van der Waals surface area (Å²) in [4.78, 5) is 7.20. The van der Waals surface area contributed by atoms with Gasteiger partial charge in [-0.2, -0.15) is 0 Å². The summed E-state index contributed by atoms with van der Waals surface area (Å²) in [7, 11) is 0. The molecule has 7 aromatic carbocycles. The van der Waals surface area contributed by atoms with E-state index in [1.165, 1.54) is 29.1 Å². The van der Waals surface area contributed by atoms with E-state index < -0.39 is 5.83 Å². The van der Waals surface area contributed by atoms with Gasteiger partial charge in [-0.25, -0.2) is 8.78 Å². The van der Waals surface area contributed by atoms with Crippen LogP contribution in [0.5, 0.6) is 0 Å². The molecule has 1 aliphatic heterocycles. The molecule has 0 spiro atoms. The molecular formula is C64H56F2N4. The van der Waals surface area contributed by atoms with Gasteiger partial charge in [0, 0.05) is 62.2 Å². The lowest BCUT2D eigenvalue weighted by molar-refractivity contribution is 0.246. The Labute approximate surface area is 410 Å². The van der Waals surface area contributed by atoms with Gasteiger partial charge in [0.1, 0.15) is 11.6 Å². The summed E-state index contributed by atoms with van der Waals surface area (Å²) < 4.78 is 31.4. The minimum absolute atomic E-state index is 0.149. The molecule has 4 nitrogen and oxygen atoms in total. The molecule has 0 bridgehead atoms. The monoisotopic (exact) mass is 918 g/mol. The summed E-state index contributed by atoms with van der Waals surface area (Å²) in [5, 5.41) is 2.28. The van der Waals surface area contributed by atoms with Gasteiger partial charge >= 0.3 is 0 Å². The number of fused-ring (bicyclic) bond motifs is 6. The zero-order valence-electron chi connectivity index (χ0n) is 40.1. The molecule has 6 heteroatoms. The maximum Gasteiger partial charge on any atom is 0.123 e. The first-order valence-corrected chi connectivity index (χ1v) is 24.4. The van der Waals surface area contributed by atoms with Crippen LogP contribution in [-0.4, -0.2) is 16.1 Å². The molecule has 0 radical (unpaired) electrons. The van der Waals surface area contributed by atoms with Crippen molar-refractivity contribution < 1.29 is 8.78 Å². The lowest BCUT2D eigenvalue weighted by Crippen LogP contribution is -2.58. The van der Waals surface area contributed by atoms with Crippen LogP contribution in [0.25, 0.3) is 38.6 Å². The molecule has 0 N–H and O–H groups in total. The van der Waals surface area contributed by atoms with Crippen LogP contribution in [0.1, 0.15) is 45.6 Å². The van der Waals surface area contributed by atoms with Crippen LogP contribution in [-0.2, 0) is 0 Å². The summed E-state index contributed by atoms with van der Waals surface area (Å²) >= 11 is 0. The van der Waals surface area contributed by atoms with Crippen LogP contribution in [0.3, 0.4) is 0 Å². The normalized spacial score (nSPS) is 20.9. The summed E-state index contributed by atoms with van der Waals surface area (Å²) in [6, 6.07) is 58.9. The number of anilines is 5. The van der Waals surface area contributed by atoms with E-state index in [4.69, 9.17) is 0 Å². The van der Waals surface area contributed by atoms with Crippen molar-refractivity contribution in [1.82, 2.24) is 4.57 Å². The Morgan fingerprint density at radius 2 is 1.29 bits per heavy atom. The van der Waals surface area contributed by atoms with E-state index in [-0.39, 0.29) is 23.3 Å². The van der Waals surface area contributed by atoms with E-state index in [0.717, 1.165) is 73.5 Å². The summed E-state index contributed by atoms with van der Waals surface area (Å²) in [5.41, 5.74) is 13.9. The molecule has 70 heavy (non-hydrogen) atoms. The van der Waals surface area contributed by atoms with E-state index >= 15 is 0 Å². The molecule has 5 atom stereocenters. The molecule has 8 aromatic rings. The topological polar surface area (TPSA) is 14.7 Å². The standard InChI is InChI=1S/C64H56F2N4/c1-6-48(65)29-24-45(4)67(54-38-39-62-58(41-54)56-19-11-14-22-61(56)69(62)50-17-8-7-9-18-50)51-32-25-46(26-33-51)47-27-34-52(35-28-47)68(53-36-30-49(66)31-37-53)55-40-44(3)64(5)59(42-55)57-20-12-15-23-63(57)70(64)60-21-13-10-16-43(60)2/h6-39,41-44,59-60H,1,40H2,2-5H3/b45-24+,48-29+. The Kier molecular flexibility index (Phi) is 11.6. The predicted molar refractivity (Wildman–Crippen MR) is 290 cm³/mol. The zero-order chi connectivity index (χ0) is 48.1. The fourth-order valence-corrected chi connectivity index (χ4v) is 11.5. The number of benzene rings is 7. The largest absolute Gasteiger partial charge is 0.358 e. The van der Waals surface area contributed by atoms with Crippen molar-refractivity contribution in [1.29, 1.82) is 0 Å². The van der Waals surface area contributed by atoms with E-state index in [2.05, 4.69) is 217 Å². The van der Waals surface area contributed by atoms with Gasteiger partial charge in [-0.1, -0.05) is 130 Å². The summed E-state index contributed by atoms with van der Waals surface area (Å²) in [6.07, 6.45) is 16.9. The number of hydrogen-bond donors (Lipinski definition) is 0. The lowest BCUT2D eigenvalue weighted by atomic mass is 9.68. The molecule has 3 aliphatic rings. The second-order valence-corrected chi connectivity index (χ2v) is 19.2. The average molecular weight is 919 g/mol. The van der Waals surface area contributed by atoms with Crippen LogP contribution in [0, 0.1) is 17.7 Å². The van der Waals surface area contributed by atoms with Crippen molar-refractivity contribution in [2.24, 2.45) is 11.8 Å². The Hall–Kier alpha value is -7.96. The van der Waals surface area contributed by atoms with Crippen LogP contribution in [0.4, 0.5) is 37.2 Å². The highest BCUT2D eigenvalue weighted by molar-refractivity contribution is 6.10. The van der Waals surface area contributed by atoms with Gasteiger partial charge in [0.25, 0.3) is 0 Å². The molecule has 0 fully saturated rings. The highest BCUT2D eigenvalue weighted by Gasteiger charge is 2.55. The average Bonchev–Trinajstić information content (AvgIpc) is 3.86. The fourth-order valence-electron chi connectivity index (χ4n) is 11.5. The number of nitrogens with zero attached hydrogens (tertiary/aromatic N) is 4. The number of rotatable bonds is 11. The number of hydrogen-bond acceptors (Lipinski definition) is 3. The number of aromatic nitrogens is 1. The van der Waals surface area contributed by atoms with Gasteiger partial charge in [0.2, 0.25) is 0 Å². The van der Waals surface area contributed by atoms with Crippen molar-refractivity contribution in [3.05, 3.63) is 254 Å². The highest BCUT2D eigenvalue weighted by Crippen LogP contribution is 2.58. The SMILES string of the molecule is C=C/C(F)=C\C=C(/C)N(c1ccc(-c2ccc(N(C3=CC4c5ccccc5N(C5C=CC=CC5C)C4(C)C(C)C3)c3ccc(F)cc3)cc2)cc1)c1ccc2c(c1)c1ccccc1n2-c1ccccc1. The van der Waals surface area contributed by atoms with E-state index in [1.807, 2.05) is 25.1 Å². The summed E-state index contributed by atoms with van der Waals surface area (Å²) in [6.45, 7) is 12.8. The molecule has 0 saturated carbocycles. The van der Waals surface area contributed by atoms with Crippen molar-refractivity contribution in [3.8, 4) is 16.8 Å². The zero-order valence-corrected chi connectivity index (χ0v) is 40.1. The number of allylic oxidation sites excluding steroid dienone is 8. The molecule has 2 heterocycles. The third-order valence-corrected chi connectivity index (χ3v) is 15.1. The molecule has 11 rings (SSSR count). The Morgan fingerprint density at radius 1 is 0.671 bits per heavy atom. The molecule has 1 aromatic heterocycles. The molecule has 5 unspecified atom stereocenters. The van der Waals surface area contributed by atoms with E-state index in [1.54, 1.807) is 18.2 Å². The van der Waals surface area contributed by atoms with Crippen molar-refractivity contribution in [2.75, 3.05) is 14.7 Å². The summed E-state index contributed by atoms with van der Waals surface area (Å²) in [5.74, 6) is 0.166. The maximum absolute atomic E-state index is 14.5. The van der Waals surface area contributed by atoms with Crippen LogP contribution >= 0.6 is 0 Å². The maximum atomic E-state index is 14.5.